The van der Waals surface area contributed by atoms with Crippen LogP contribution in [0.4, 0.5) is 0 Å². The van der Waals surface area contributed by atoms with Crippen molar-refractivity contribution in [2.45, 2.75) is 25.9 Å². The Morgan fingerprint density at radius 3 is 2.81 bits per heavy atom. The number of hydrogen-bond donors (Lipinski definition) is 2. The van der Waals surface area contributed by atoms with E-state index in [9.17, 15) is 0 Å². The Bertz CT molecular complexity index is 500. The van der Waals surface area contributed by atoms with Crippen LogP contribution in [-0.2, 0) is 0 Å². The summed E-state index contributed by atoms with van der Waals surface area (Å²) in [6.07, 6.45) is 2.64. The molecular weight excluding hydrogens is 266 g/mol. The molecule has 0 amide bonds. The van der Waals surface area contributed by atoms with E-state index in [4.69, 9.17) is 9.47 Å². The molecular formula is C16H23N3O2. The number of fused-ring (bicyclic) bond motifs is 1. The van der Waals surface area contributed by atoms with E-state index in [1.54, 1.807) is 0 Å². The highest BCUT2D eigenvalue weighted by Gasteiger charge is 2.22. The number of rotatable bonds is 5. The van der Waals surface area contributed by atoms with Gasteiger partial charge >= 0.3 is 0 Å². The molecule has 114 valence electrons. The van der Waals surface area contributed by atoms with Crippen molar-refractivity contribution in [3.05, 3.63) is 24.3 Å². The highest BCUT2D eigenvalue weighted by Crippen LogP contribution is 2.30. The van der Waals surface area contributed by atoms with Crippen LogP contribution in [0.2, 0.25) is 0 Å². The Balaban J connectivity index is 1.50. The summed E-state index contributed by atoms with van der Waals surface area (Å²) in [6.45, 7) is 5.10. The lowest BCUT2D eigenvalue weighted by molar-refractivity contribution is 0.0936. The summed E-state index contributed by atoms with van der Waals surface area (Å²) in [5.74, 6) is 3.30. The smallest absolute Gasteiger partial charge is 0.191 e. The lowest BCUT2D eigenvalue weighted by atomic mass is 10.2. The Labute approximate surface area is 125 Å². The molecule has 1 atom stereocenters. The molecule has 1 aliphatic carbocycles. The first-order valence-electron chi connectivity index (χ1n) is 7.76. The fourth-order valence-corrected chi connectivity index (χ4v) is 2.24. The fraction of sp³-hybridized carbons (Fsp3) is 0.562. The van der Waals surface area contributed by atoms with Gasteiger partial charge in [-0.3, -0.25) is 4.99 Å². The summed E-state index contributed by atoms with van der Waals surface area (Å²) in [4.78, 5) is 4.60. The number of benzene rings is 1. The monoisotopic (exact) mass is 289 g/mol. The Hall–Kier alpha value is -1.91. The minimum Gasteiger partial charge on any atom is -0.486 e. The molecule has 1 aliphatic heterocycles. The zero-order chi connectivity index (χ0) is 14.5. The second-order valence-corrected chi connectivity index (χ2v) is 5.54. The highest BCUT2D eigenvalue weighted by molar-refractivity contribution is 5.79. The molecule has 1 fully saturated rings. The second kappa shape index (κ2) is 6.70. The van der Waals surface area contributed by atoms with E-state index >= 15 is 0 Å². The lowest BCUT2D eigenvalue weighted by Gasteiger charge is -2.27. The first kappa shape index (κ1) is 14.0. The van der Waals surface area contributed by atoms with Crippen molar-refractivity contribution in [3.63, 3.8) is 0 Å². The summed E-state index contributed by atoms with van der Waals surface area (Å²) in [5, 5.41) is 6.61. The van der Waals surface area contributed by atoms with E-state index in [0.717, 1.165) is 36.5 Å². The van der Waals surface area contributed by atoms with Crippen molar-refractivity contribution < 1.29 is 9.47 Å². The Morgan fingerprint density at radius 2 is 2.05 bits per heavy atom. The van der Waals surface area contributed by atoms with Crippen LogP contribution in [0.3, 0.4) is 0 Å². The number of guanidine groups is 1. The predicted octanol–water partition coefficient (Wildman–Crippen LogP) is 1.79. The van der Waals surface area contributed by atoms with Gasteiger partial charge in [0.25, 0.3) is 0 Å². The van der Waals surface area contributed by atoms with E-state index in [-0.39, 0.29) is 6.10 Å². The molecule has 3 rings (SSSR count). The normalized spacial score (nSPS) is 21.0. The van der Waals surface area contributed by atoms with Gasteiger partial charge in [0.05, 0.1) is 6.54 Å². The van der Waals surface area contributed by atoms with Crippen molar-refractivity contribution in [1.82, 2.24) is 10.6 Å². The van der Waals surface area contributed by atoms with Gasteiger partial charge in [0.2, 0.25) is 0 Å². The van der Waals surface area contributed by atoms with Gasteiger partial charge in [-0.1, -0.05) is 12.1 Å². The predicted molar refractivity (Wildman–Crippen MR) is 83.1 cm³/mol. The molecule has 0 spiro atoms. The van der Waals surface area contributed by atoms with E-state index < -0.39 is 0 Å². The van der Waals surface area contributed by atoms with Crippen LogP contribution in [0, 0.1) is 5.92 Å². The van der Waals surface area contributed by atoms with E-state index in [2.05, 4.69) is 22.5 Å². The minimum atomic E-state index is 0.00433. The molecule has 1 aromatic carbocycles. The summed E-state index contributed by atoms with van der Waals surface area (Å²) in [6, 6.07) is 7.78. The van der Waals surface area contributed by atoms with E-state index in [0.29, 0.717) is 13.2 Å². The summed E-state index contributed by atoms with van der Waals surface area (Å²) in [5.41, 5.74) is 0. The van der Waals surface area contributed by atoms with Gasteiger partial charge in [-0.15, -0.1) is 0 Å². The molecule has 1 saturated carbocycles. The Kier molecular flexibility index (Phi) is 4.48. The van der Waals surface area contributed by atoms with E-state index in [1.165, 1.54) is 12.8 Å². The van der Waals surface area contributed by atoms with Gasteiger partial charge in [0.15, 0.2) is 17.5 Å². The molecule has 0 bridgehead atoms. The number of para-hydroxylation sites is 2. The molecule has 5 heteroatoms. The average molecular weight is 289 g/mol. The standard InChI is InChI=1S/C16H23N3O2/c1-2-17-16(18-9-12-7-8-12)19-10-13-11-20-14-5-3-4-6-15(14)21-13/h3-6,12-13H,2,7-11H2,1H3,(H2,17,18,19). The zero-order valence-electron chi connectivity index (χ0n) is 12.5. The van der Waals surface area contributed by atoms with Gasteiger partial charge in [0, 0.05) is 13.1 Å². The van der Waals surface area contributed by atoms with Gasteiger partial charge in [-0.25, -0.2) is 0 Å². The maximum atomic E-state index is 5.93. The van der Waals surface area contributed by atoms with Crippen LogP contribution in [0.5, 0.6) is 11.5 Å². The number of nitrogens with one attached hydrogen (secondary N) is 2. The maximum Gasteiger partial charge on any atom is 0.191 e. The van der Waals surface area contributed by atoms with Crippen LogP contribution < -0.4 is 20.1 Å². The number of nitrogens with zero attached hydrogens (tertiary/aromatic N) is 1. The molecule has 2 aliphatic rings. The summed E-state index contributed by atoms with van der Waals surface area (Å²) in [7, 11) is 0. The number of hydrogen-bond acceptors (Lipinski definition) is 3. The van der Waals surface area contributed by atoms with Gasteiger partial charge in [-0.2, -0.15) is 0 Å². The van der Waals surface area contributed by atoms with Crippen LogP contribution in [0.1, 0.15) is 19.8 Å². The van der Waals surface area contributed by atoms with Crippen LogP contribution in [0.25, 0.3) is 0 Å². The quantitative estimate of drug-likeness (QED) is 0.641. The average Bonchev–Trinajstić information content (AvgIpc) is 3.34. The third-order valence-electron chi connectivity index (χ3n) is 3.61. The third-order valence-corrected chi connectivity index (χ3v) is 3.61. The van der Waals surface area contributed by atoms with Crippen molar-refractivity contribution in [3.8, 4) is 11.5 Å². The summed E-state index contributed by atoms with van der Waals surface area (Å²) < 4.78 is 11.6. The minimum absolute atomic E-state index is 0.00433. The van der Waals surface area contributed by atoms with Crippen molar-refractivity contribution in [1.29, 1.82) is 0 Å². The zero-order valence-corrected chi connectivity index (χ0v) is 12.5. The number of ether oxygens (including phenoxy) is 2. The van der Waals surface area contributed by atoms with Gasteiger partial charge < -0.3 is 20.1 Å². The summed E-state index contributed by atoms with van der Waals surface area (Å²) >= 11 is 0. The molecule has 2 N–H and O–H groups in total. The molecule has 1 aromatic rings. The largest absolute Gasteiger partial charge is 0.486 e. The molecule has 1 heterocycles. The van der Waals surface area contributed by atoms with Gasteiger partial charge in [-0.05, 0) is 37.8 Å². The van der Waals surface area contributed by atoms with Crippen LogP contribution in [0.15, 0.2) is 29.3 Å². The fourth-order valence-electron chi connectivity index (χ4n) is 2.24. The Morgan fingerprint density at radius 1 is 1.24 bits per heavy atom. The van der Waals surface area contributed by atoms with Gasteiger partial charge in [0.1, 0.15) is 12.7 Å². The SMILES string of the molecule is CCNC(=NCC1CC1)NCC1COc2ccccc2O1. The molecule has 0 aromatic heterocycles. The van der Waals surface area contributed by atoms with E-state index in [1.807, 2.05) is 24.3 Å². The first-order chi connectivity index (χ1) is 10.3. The molecule has 0 radical (unpaired) electrons. The second-order valence-electron chi connectivity index (χ2n) is 5.54. The third kappa shape index (κ3) is 4.03. The van der Waals surface area contributed by atoms with Crippen molar-refractivity contribution >= 4 is 5.96 Å². The van der Waals surface area contributed by atoms with Crippen LogP contribution >= 0.6 is 0 Å². The number of aliphatic imine (C=N–C) groups is 1. The van der Waals surface area contributed by atoms with Crippen molar-refractivity contribution in [2.24, 2.45) is 10.9 Å². The maximum absolute atomic E-state index is 5.93. The van der Waals surface area contributed by atoms with Crippen molar-refractivity contribution in [2.75, 3.05) is 26.2 Å². The topological polar surface area (TPSA) is 54.9 Å². The first-order valence-corrected chi connectivity index (χ1v) is 7.76. The lowest BCUT2D eigenvalue weighted by Crippen LogP contribution is -2.45. The molecule has 1 unspecified atom stereocenters. The molecule has 21 heavy (non-hydrogen) atoms. The van der Waals surface area contributed by atoms with Crippen LogP contribution in [-0.4, -0.2) is 38.3 Å². The molecule has 5 nitrogen and oxygen atoms in total. The molecule has 0 saturated heterocycles. The highest BCUT2D eigenvalue weighted by atomic mass is 16.6.